The quantitative estimate of drug-likeness (QED) is 0.490. The third kappa shape index (κ3) is 5.04. The van der Waals surface area contributed by atoms with Gasteiger partial charge in [-0.05, 0) is 6.42 Å². The van der Waals surface area contributed by atoms with E-state index in [4.69, 9.17) is 5.73 Å². The second kappa shape index (κ2) is 6.73. The first-order chi connectivity index (χ1) is 8.43. The number of nitrogens with zero attached hydrogens (tertiary/aromatic N) is 2. The van der Waals surface area contributed by atoms with E-state index in [0.717, 1.165) is 30.1 Å². The first-order valence-corrected chi connectivity index (χ1v) is 7.30. The minimum Gasteiger partial charge on any atom is -0.370 e. The van der Waals surface area contributed by atoms with Crippen LogP contribution < -0.4 is 11.1 Å². The zero-order valence-corrected chi connectivity index (χ0v) is 12.6. The highest BCUT2D eigenvalue weighted by Crippen LogP contribution is 2.24. The van der Waals surface area contributed by atoms with Gasteiger partial charge in [0.05, 0.1) is 12.2 Å². The molecule has 0 atom stereocenters. The Morgan fingerprint density at radius 1 is 1.50 bits per heavy atom. The van der Waals surface area contributed by atoms with Gasteiger partial charge in [-0.15, -0.1) is 11.3 Å². The van der Waals surface area contributed by atoms with Crippen LogP contribution in [0, 0.1) is 0 Å². The lowest BCUT2D eigenvalue weighted by atomic mass is 9.93. The summed E-state index contributed by atoms with van der Waals surface area (Å²) in [7, 11) is 0. The number of nitrogens with one attached hydrogen (secondary N) is 1. The number of nitrogens with two attached hydrogens (primary N) is 1. The van der Waals surface area contributed by atoms with Crippen LogP contribution in [0.3, 0.4) is 0 Å². The molecule has 18 heavy (non-hydrogen) atoms. The minimum atomic E-state index is 0.101. The Balaban J connectivity index is 2.48. The van der Waals surface area contributed by atoms with Gasteiger partial charge in [0.1, 0.15) is 5.01 Å². The third-order valence-electron chi connectivity index (χ3n) is 2.54. The summed E-state index contributed by atoms with van der Waals surface area (Å²) in [5, 5.41) is 6.21. The van der Waals surface area contributed by atoms with Crippen molar-refractivity contribution in [2.24, 2.45) is 10.7 Å². The predicted octanol–water partition coefficient (Wildman–Crippen LogP) is 2.65. The third-order valence-corrected chi connectivity index (χ3v) is 3.37. The summed E-state index contributed by atoms with van der Waals surface area (Å²) in [5.41, 5.74) is 6.99. The second-order valence-corrected chi connectivity index (χ2v) is 6.30. The summed E-state index contributed by atoms with van der Waals surface area (Å²) in [6.45, 7) is 10.1. The molecule has 1 heterocycles. The molecule has 0 fully saturated rings. The number of thiazole rings is 1. The van der Waals surface area contributed by atoms with Crippen molar-refractivity contribution < 1.29 is 0 Å². The number of guanidine groups is 1. The molecule has 0 aliphatic heterocycles. The molecule has 0 aromatic carbocycles. The van der Waals surface area contributed by atoms with Crippen molar-refractivity contribution in [1.29, 1.82) is 0 Å². The van der Waals surface area contributed by atoms with E-state index in [1.165, 1.54) is 0 Å². The van der Waals surface area contributed by atoms with Gasteiger partial charge in [0.2, 0.25) is 0 Å². The van der Waals surface area contributed by atoms with Crippen LogP contribution in [0.4, 0.5) is 0 Å². The molecular formula is C13H24N4S. The van der Waals surface area contributed by atoms with Crippen LogP contribution in [0.2, 0.25) is 0 Å². The number of aliphatic imine (C=N–C) groups is 1. The summed E-state index contributed by atoms with van der Waals surface area (Å²) in [6.07, 6.45) is 2.27. The Morgan fingerprint density at radius 2 is 2.22 bits per heavy atom. The molecule has 1 rings (SSSR count). The van der Waals surface area contributed by atoms with Crippen molar-refractivity contribution >= 4 is 17.3 Å². The van der Waals surface area contributed by atoms with Gasteiger partial charge in [-0.3, -0.25) is 0 Å². The molecule has 0 saturated heterocycles. The maximum Gasteiger partial charge on any atom is 0.189 e. The average Bonchev–Trinajstić information content (AvgIpc) is 2.75. The van der Waals surface area contributed by atoms with Crippen molar-refractivity contribution in [2.45, 2.75) is 52.5 Å². The number of unbranched alkanes of at least 4 members (excludes halogenated alkanes) is 1. The molecule has 0 aliphatic carbocycles. The number of rotatable bonds is 5. The van der Waals surface area contributed by atoms with Crippen LogP contribution in [-0.2, 0) is 12.0 Å². The fourth-order valence-electron chi connectivity index (χ4n) is 1.33. The summed E-state index contributed by atoms with van der Waals surface area (Å²) in [6, 6.07) is 0. The highest BCUT2D eigenvalue weighted by molar-refractivity contribution is 7.09. The Hall–Kier alpha value is -1.10. The Labute approximate surface area is 114 Å². The van der Waals surface area contributed by atoms with E-state index in [1.54, 1.807) is 11.3 Å². The van der Waals surface area contributed by atoms with Crippen LogP contribution in [0.5, 0.6) is 0 Å². The summed E-state index contributed by atoms with van der Waals surface area (Å²) in [5.74, 6) is 0.510. The molecule has 0 unspecified atom stereocenters. The zero-order valence-electron chi connectivity index (χ0n) is 11.8. The number of hydrogen-bond acceptors (Lipinski definition) is 3. The van der Waals surface area contributed by atoms with Gasteiger partial charge in [0, 0.05) is 17.3 Å². The number of hydrogen-bond donors (Lipinski definition) is 2. The molecule has 102 valence electrons. The first-order valence-electron chi connectivity index (χ1n) is 6.42. The predicted molar refractivity (Wildman–Crippen MR) is 79.1 cm³/mol. The normalized spacial score (nSPS) is 12.8. The van der Waals surface area contributed by atoms with Crippen LogP contribution >= 0.6 is 11.3 Å². The standard InChI is InChI=1S/C13H24N4S/c1-5-6-7-15-12(14)16-8-11-17-10(9-18-11)13(2,3)4/h9H,5-8H2,1-4H3,(H3,14,15,16). The van der Waals surface area contributed by atoms with Crippen molar-refractivity contribution in [3.63, 3.8) is 0 Å². The Bertz CT molecular complexity index is 390. The van der Waals surface area contributed by atoms with E-state index in [9.17, 15) is 0 Å². The first kappa shape index (κ1) is 15.0. The summed E-state index contributed by atoms with van der Waals surface area (Å²) in [4.78, 5) is 8.87. The maximum atomic E-state index is 5.77. The van der Waals surface area contributed by atoms with Crippen molar-refractivity contribution in [3.8, 4) is 0 Å². The monoisotopic (exact) mass is 268 g/mol. The average molecular weight is 268 g/mol. The Morgan fingerprint density at radius 3 is 2.78 bits per heavy atom. The molecule has 0 bridgehead atoms. The van der Waals surface area contributed by atoms with Crippen LogP contribution in [0.15, 0.2) is 10.4 Å². The number of aromatic nitrogens is 1. The molecule has 1 aromatic heterocycles. The van der Waals surface area contributed by atoms with Gasteiger partial charge < -0.3 is 11.1 Å². The summed E-state index contributed by atoms with van der Waals surface area (Å²) < 4.78 is 0. The molecule has 3 N–H and O–H groups in total. The van der Waals surface area contributed by atoms with E-state index in [1.807, 2.05) is 0 Å². The molecule has 0 amide bonds. The molecule has 4 nitrogen and oxygen atoms in total. The van der Waals surface area contributed by atoms with Gasteiger partial charge in [0.15, 0.2) is 5.96 Å². The van der Waals surface area contributed by atoms with E-state index in [2.05, 4.69) is 48.4 Å². The van der Waals surface area contributed by atoms with Gasteiger partial charge in [0.25, 0.3) is 0 Å². The molecule has 5 heteroatoms. The maximum absolute atomic E-state index is 5.77. The minimum absolute atomic E-state index is 0.101. The van der Waals surface area contributed by atoms with E-state index in [-0.39, 0.29) is 5.41 Å². The Kier molecular flexibility index (Phi) is 5.59. The van der Waals surface area contributed by atoms with Crippen LogP contribution in [-0.4, -0.2) is 17.5 Å². The van der Waals surface area contributed by atoms with Gasteiger partial charge in [-0.1, -0.05) is 34.1 Å². The SMILES string of the molecule is CCCCNC(N)=NCc1nc(C(C)(C)C)cs1. The lowest BCUT2D eigenvalue weighted by molar-refractivity contribution is 0.571. The van der Waals surface area contributed by atoms with E-state index < -0.39 is 0 Å². The molecule has 0 aliphatic rings. The smallest absolute Gasteiger partial charge is 0.189 e. The molecule has 0 saturated carbocycles. The lowest BCUT2D eigenvalue weighted by Crippen LogP contribution is -2.32. The van der Waals surface area contributed by atoms with Gasteiger partial charge in [-0.25, -0.2) is 9.98 Å². The summed E-state index contributed by atoms with van der Waals surface area (Å²) >= 11 is 1.65. The van der Waals surface area contributed by atoms with Crippen LogP contribution in [0.1, 0.15) is 51.2 Å². The fourth-order valence-corrected chi connectivity index (χ4v) is 2.27. The zero-order chi connectivity index (χ0) is 13.6. The molecule has 0 spiro atoms. The second-order valence-electron chi connectivity index (χ2n) is 5.36. The largest absolute Gasteiger partial charge is 0.370 e. The van der Waals surface area contributed by atoms with Gasteiger partial charge in [-0.2, -0.15) is 0 Å². The van der Waals surface area contributed by atoms with Gasteiger partial charge >= 0.3 is 0 Å². The van der Waals surface area contributed by atoms with Crippen molar-refractivity contribution in [3.05, 3.63) is 16.1 Å². The topological polar surface area (TPSA) is 63.3 Å². The molecule has 0 radical (unpaired) electrons. The van der Waals surface area contributed by atoms with Crippen molar-refractivity contribution in [1.82, 2.24) is 10.3 Å². The molecule has 1 aromatic rings. The van der Waals surface area contributed by atoms with E-state index in [0.29, 0.717) is 12.5 Å². The molecular weight excluding hydrogens is 244 g/mol. The van der Waals surface area contributed by atoms with Crippen LogP contribution in [0.25, 0.3) is 0 Å². The lowest BCUT2D eigenvalue weighted by Gasteiger charge is -2.14. The van der Waals surface area contributed by atoms with E-state index >= 15 is 0 Å². The highest BCUT2D eigenvalue weighted by Gasteiger charge is 2.17. The fraction of sp³-hybridized carbons (Fsp3) is 0.692. The van der Waals surface area contributed by atoms with Crippen molar-refractivity contribution in [2.75, 3.05) is 6.54 Å². The highest BCUT2D eigenvalue weighted by atomic mass is 32.1.